The fraction of sp³-hybridized carbons (Fsp3) is 0.875. The van der Waals surface area contributed by atoms with Gasteiger partial charge >= 0.3 is 5.97 Å². The summed E-state index contributed by atoms with van der Waals surface area (Å²) in [5, 5.41) is 0. The van der Waals surface area contributed by atoms with Crippen molar-refractivity contribution in [2.75, 3.05) is 6.61 Å². The van der Waals surface area contributed by atoms with Gasteiger partial charge in [-0.1, -0.05) is 6.92 Å². The molecule has 0 saturated carbocycles. The maximum atomic E-state index is 10.4. The summed E-state index contributed by atoms with van der Waals surface area (Å²) in [7, 11) is -1.94. The van der Waals surface area contributed by atoms with E-state index >= 15 is 0 Å². The number of rotatable bonds is 5. The van der Waals surface area contributed by atoms with Crippen LogP contribution in [0.1, 0.15) is 20.3 Å². The lowest BCUT2D eigenvalue weighted by Crippen LogP contribution is -2.28. The van der Waals surface area contributed by atoms with Crippen LogP contribution in [0.5, 0.6) is 0 Å². The van der Waals surface area contributed by atoms with E-state index in [0.29, 0.717) is 6.61 Å². The molecule has 0 fully saturated rings. The molecule has 0 saturated heterocycles. The second-order valence-electron chi connectivity index (χ2n) is 3.29. The van der Waals surface area contributed by atoms with E-state index in [1.807, 2.05) is 13.5 Å². The van der Waals surface area contributed by atoms with Crippen molar-refractivity contribution in [3.05, 3.63) is 0 Å². The minimum Gasteiger partial charge on any atom is -0.466 e. The van der Waals surface area contributed by atoms with Crippen LogP contribution in [-0.4, -0.2) is 25.7 Å². The van der Waals surface area contributed by atoms with Crippen molar-refractivity contribution < 1.29 is 14.3 Å². The Morgan fingerprint density at radius 1 is 1.58 bits per heavy atom. The van der Waals surface area contributed by atoms with Gasteiger partial charge in [-0.15, -0.1) is 0 Å². The molecule has 0 aliphatic heterocycles. The Morgan fingerprint density at radius 2 is 2.17 bits per heavy atom. The van der Waals surface area contributed by atoms with Crippen molar-refractivity contribution in [3.63, 3.8) is 0 Å². The van der Waals surface area contributed by atoms with Crippen molar-refractivity contribution in [2.45, 2.75) is 38.9 Å². The Labute approximate surface area is 74.9 Å². The molecule has 1 unspecified atom stereocenters. The van der Waals surface area contributed by atoms with Crippen LogP contribution < -0.4 is 0 Å². The lowest BCUT2D eigenvalue weighted by molar-refractivity contribution is -0.140. The summed E-state index contributed by atoms with van der Waals surface area (Å²) in [5.74, 6) is -0.243. The largest absolute Gasteiger partial charge is 0.466 e. The minimum absolute atomic E-state index is 0.243. The summed E-state index contributed by atoms with van der Waals surface area (Å²) in [6.07, 6.45) is 0.784. The van der Waals surface area contributed by atoms with Crippen LogP contribution in [0, 0.1) is 0 Å². The van der Waals surface area contributed by atoms with Crippen molar-refractivity contribution >= 4 is 14.3 Å². The molecule has 0 spiro atoms. The summed E-state index contributed by atoms with van der Waals surface area (Å²) in [5.41, 5.74) is 0. The molecule has 4 heteroatoms. The molecule has 0 bridgehead atoms. The van der Waals surface area contributed by atoms with E-state index in [1.165, 1.54) is 6.92 Å². The first-order valence-electron chi connectivity index (χ1n) is 4.33. The molecule has 12 heavy (non-hydrogen) atoms. The monoisotopic (exact) mass is 190 g/mol. The Balaban J connectivity index is 3.37. The summed E-state index contributed by atoms with van der Waals surface area (Å²) in [6, 6.07) is 1.68. The maximum absolute atomic E-state index is 10.4. The molecule has 0 aliphatic carbocycles. The van der Waals surface area contributed by atoms with Gasteiger partial charge in [-0.2, -0.15) is 0 Å². The van der Waals surface area contributed by atoms with Crippen molar-refractivity contribution in [3.8, 4) is 0 Å². The molecule has 0 rings (SSSR count). The minimum atomic E-state index is -1.94. The molecular weight excluding hydrogens is 172 g/mol. The van der Waals surface area contributed by atoms with E-state index in [4.69, 9.17) is 4.74 Å². The smallest absolute Gasteiger partial charge is 0.302 e. The molecule has 0 aliphatic rings. The van der Waals surface area contributed by atoms with Crippen LogP contribution in [0.3, 0.4) is 0 Å². The highest BCUT2D eigenvalue weighted by Crippen LogP contribution is 2.12. The molecule has 0 amide bonds. The number of carbonyl (C=O) groups excluding carboxylic acids is 1. The summed E-state index contributed by atoms with van der Waals surface area (Å²) >= 11 is 0. The first kappa shape index (κ1) is 11.6. The van der Waals surface area contributed by atoms with Gasteiger partial charge in [0.05, 0.1) is 6.61 Å². The number of esters is 1. The molecule has 0 heterocycles. The predicted molar refractivity (Wildman–Crippen MR) is 50.4 cm³/mol. The molecule has 1 atom stereocenters. The van der Waals surface area contributed by atoms with Crippen LogP contribution in [-0.2, 0) is 9.53 Å². The zero-order valence-corrected chi connectivity index (χ0v) is 9.09. The fourth-order valence-corrected chi connectivity index (χ4v) is 2.11. The van der Waals surface area contributed by atoms with Crippen LogP contribution >= 0.6 is 0 Å². The van der Waals surface area contributed by atoms with Gasteiger partial charge in [0.15, 0.2) is 8.32 Å². The van der Waals surface area contributed by atoms with Crippen molar-refractivity contribution in [1.82, 2.24) is 0 Å². The van der Waals surface area contributed by atoms with Gasteiger partial charge in [0.2, 0.25) is 0 Å². The highest BCUT2D eigenvalue weighted by molar-refractivity contribution is 6.71. The molecular formula is C8H18O3Si. The van der Waals surface area contributed by atoms with E-state index in [-0.39, 0.29) is 5.97 Å². The number of hydrogen-bond donors (Lipinski definition) is 1. The summed E-state index contributed by atoms with van der Waals surface area (Å²) in [6.45, 7) is 5.77. The maximum Gasteiger partial charge on any atom is 0.302 e. The third-order valence-corrected chi connectivity index (χ3v) is 4.88. The second kappa shape index (κ2) is 5.32. The van der Waals surface area contributed by atoms with Crippen molar-refractivity contribution in [2.24, 2.45) is 0 Å². The van der Waals surface area contributed by atoms with E-state index in [9.17, 15) is 9.59 Å². The Morgan fingerprint density at radius 3 is 2.58 bits per heavy atom. The summed E-state index contributed by atoms with van der Waals surface area (Å²) in [4.78, 5) is 20.1. The normalized spacial score (nSPS) is 15.3. The lowest BCUT2D eigenvalue weighted by Gasteiger charge is -2.17. The number of ether oxygens (including phenoxy) is 1. The second-order valence-corrected chi connectivity index (χ2v) is 7.50. The standard InChI is InChI=1S/C8H18O3Si/c1-4-12(3,10)7-5-6-11-8(2)9/h10H,4-7H2,1-3H3. The van der Waals surface area contributed by atoms with Gasteiger partial charge in [0, 0.05) is 6.92 Å². The third kappa shape index (κ3) is 6.36. The van der Waals surface area contributed by atoms with Gasteiger partial charge in [-0.25, -0.2) is 0 Å². The zero-order chi connectivity index (χ0) is 9.61. The summed E-state index contributed by atoms with van der Waals surface area (Å²) < 4.78 is 4.75. The fourth-order valence-electron chi connectivity index (χ4n) is 0.846. The first-order valence-corrected chi connectivity index (χ1v) is 7.20. The van der Waals surface area contributed by atoms with Crippen molar-refractivity contribution in [1.29, 1.82) is 0 Å². The highest BCUT2D eigenvalue weighted by Gasteiger charge is 2.20. The van der Waals surface area contributed by atoms with Crippen LogP contribution in [0.2, 0.25) is 18.6 Å². The molecule has 0 aromatic carbocycles. The van der Waals surface area contributed by atoms with Gasteiger partial charge < -0.3 is 9.53 Å². The van der Waals surface area contributed by atoms with E-state index < -0.39 is 8.32 Å². The molecule has 3 nitrogen and oxygen atoms in total. The predicted octanol–water partition coefficient (Wildman–Crippen LogP) is 1.53. The lowest BCUT2D eigenvalue weighted by atomic mass is 10.5. The third-order valence-electron chi connectivity index (χ3n) is 1.93. The van der Waals surface area contributed by atoms with Gasteiger partial charge in [-0.05, 0) is 25.1 Å². The van der Waals surface area contributed by atoms with E-state index in [1.54, 1.807) is 0 Å². The highest BCUT2D eigenvalue weighted by atomic mass is 28.4. The molecule has 72 valence electrons. The molecule has 0 aromatic rings. The Bertz CT molecular complexity index is 145. The average Bonchev–Trinajstić information content (AvgIpc) is 1.98. The SMILES string of the molecule is CC[Si](C)(O)CCCOC(C)=O. The molecule has 0 radical (unpaired) electrons. The van der Waals surface area contributed by atoms with Gasteiger partial charge in [-0.3, -0.25) is 4.79 Å². The van der Waals surface area contributed by atoms with Gasteiger partial charge in [0.25, 0.3) is 0 Å². The number of hydrogen-bond acceptors (Lipinski definition) is 3. The van der Waals surface area contributed by atoms with Crippen LogP contribution in [0.15, 0.2) is 0 Å². The number of carbonyl (C=O) groups is 1. The topological polar surface area (TPSA) is 46.5 Å². The average molecular weight is 190 g/mol. The van der Waals surface area contributed by atoms with Gasteiger partial charge in [0.1, 0.15) is 0 Å². The van der Waals surface area contributed by atoms with E-state index in [2.05, 4.69) is 0 Å². The first-order chi connectivity index (χ1) is 5.48. The quantitative estimate of drug-likeness (QED) is 0.406. The van der Waals surface area contributed by atoms with E-state index in [0.717, 1.165) is 18.5 Å². The van der Waals surface area contributed by atoms with Crippen LogP contribution in [0.4, 0.5) is 0 Å². The Kier molecular flexibility index (Phi) is 5.16. The van der Waals surface area contributed by atoms with Crippen LogP contribution in [0.25, 0.3) is 0 Å². The zero-order valence-electron chi connectivity index (χ0n) is 8.09. The molecule has 1 N–H and O–H groups in total. The Hall–Kier alpha value is -0.353. The molecule has 0 aromatic heterocycles.